The highest BCUT2D eigenvalue weighted by Crippen LogP contribution is 2.20. The maximum absolute atomic E-state index is 12.1. The molecule has 1 N–H and O–H groups in total. The van der Waals surface area contributed by atoms with Gasteiger partial charge in [0.2, 0.25) is 5.91 Å². The highest BCUT2D eigenvalue weighted by Gasteiger charge is 2.22. The van der Waals surface area contributed by atoms with Crippen LogP contribution in [0.25, 0.3) is 0 Å². The molecule has 0 aromatic carbocycles. The number of hydrogen-bond acceptors (Lipinski definition) is 5. The first-order valence-electron chi connectivity index (χ1n) is 6.59. The van der Waals surface area contributed by atoms with Crippen LogP contribution in [0.4, 0.5) is 0 Å². The van der Waals surface area contributed by atoms with Crippen molar-refractivity contribution in [3.63, 3.8) is 0 Å². The highest BCUT2D eigenvalue weighted by atomic mass is 35.5. The molecule has 1 aliphatic heterocycles. The second kappa shape index (κ2) is 7.90. The van der Waals surface area contributed by atoms with Gasteiger partial charge >= 0.3 is 0 Å². The second-order valence-corrected chi connectivity index (χ2v) is 5.92. The quantitative estimate of drug-likeness (QED) is 0.916. The van der Waals surface area contributed by atoms with Crippen molar-refractivity contribution in [2.24, 2.45) is 0 Å². The third-order valence-corrected chi connectivity index (χ3v) is 4.42. The molecule has 5 nitrogen and oxygen atoms in total. The summed E-state index contributed by atoms with van der Waals surface area (Å²) >= 11 is 1.63. The molecule has 1 unspecified atom stereocenters. The Hall–Kier alpha value is -0.720. The van der Waals surface area contributed by atoms with Crippen LogP contribution in [0.5, 0.6) is 0 Å². The monoisotopic (exact) mass is 319 g/mol. The van der Waals surface area contributed by atoms with Crippen LogP contribution in [0, 0.1) is 13.8 Å². The zero-order valence-electron chi connectivity index (χ0n) is 12.1. The lowest BCUT2D eigenvalue weighted by molar-refractivity contribution is -0.131. The summed E-state index contributed by atoms with van der Waals surface area (Å²) in [4.78, 5) is 14.1. The number of rotatable bonds is 4. The van der Waals surface area contributed by atoms with E-state index in [9.17, 15) is 4.79 Å². The summed E-state index contributed by atoms with van der Waals surface area (Å²) in [6, 6.07) is 0.293. The first-order valence-corrected chi connectivity index (χ1v) is 7.74. The molecule has 20 heavy (non-hydrogen) atoms. The van der Waals surface area contributed by atoms with Crippen molar-refractivity contribution >= 4 is 30.1 Å². The number of carbonyl (C=O) groups excluding carboxylic acids is 1. The van der Waals surface area contributed by atoms with Crippen LogP contribution >= 0.6 is 24.2 Å². The summed E-state index contributed by atoms with van der Waals surface area (Å²) in [7, 11) is 0. The molecule has 1 saturated heterocycles. The smallest absolute Gasteiger partial charge is 0.232 e. The Morgan fingerprint density at radius 2 is 2.30 bits per heavy atom. The minimum Gasteiger partial charge on any atom is -0.361 e. The Bertz CT molecular complexity index is 433. The van der Waals surface area contributed by atoms with Gasteiger partial charge in [-0.05, 0) is 20.8 Å². The van der Waals surface area contributed by atoms with Gasteiger partial charge in [-0.1, -0.05) is 5.16 Å². The van der Waals surface area contributed by atoms with E-state index in [1.54, 1.807) is 11.8 Å². The van der Waals surface area contributed by atoms with Crippen LogP contribution < -0.4 is 5.32 Å². The molecule has 2 heterocycles. The van der Waals surface area contributed by atoms with Crippen LogP contribution in [-0.4, -0.2) is 47.4 Å². The van der Waals surface area contributed by atoms with Gasteiger partial charge in [-0.3, -0.25) is 4.79 Å². The third-order valence-electron chi connectivity index (χ3n) is 3.47. The van der Waals surface area contributed by atoms with Crippen molar-refractivity contribution in [1.29, 1.82) is 0 Å². The summed E-state index contributed by atoms with van der Waals surface area (Å²) in [5.41, 5.74) is 2.04. The standard InChI is InChI=1S/C13H21N3O2S.ClH/c1-9-6-14-4-5-16(9)13(17)8-19-7-12-10(2)15-18-11(12)3;/h9,14H,4-8H2,1-3H3;1H. The molecule has 0 radical (unpaired) electrons. The zero-order valence-corrected chi connectivity index (χ0v) is 13.8. The number of nitrogens with zero attached hydrogens (tertiary/aromatic N) is 2. The predicted octanol–water partition coefficient (Wildman–Crippen LogP) is 1.77. The van der Waals surface area contributed by atoms with E-state index in [4.69, 9.17) is 4.52 Å². The number of hydrogen-bond donors (Lipinski definition) is 1. The van der Waals surface area contributed by atoms with Gasteiger partial charge in [0, 0.05) is 37.0 Å². The topological polar surface area (TPSA) is 58.4 Å². The number of thioether (sulfide) groups is 1. The summed E-state index contributed by atoms with van der Waals surface area (Å²) in [6.07, 6.45) is 0. The van der Waals surface area contributed by atoms with Crippen molar-refractivity contribution in [1.82, 2.24) is 15.4 Å². The lowest BCUT2D eigenvalue weighted by atomic mass is 10.2. The lowest BCUT2D eigenvalue weighted by Crippen LogP contribution is -2.52. The maximum atomic E-state index is 12.1. The van der Waals surface area contributed by atoms with E-state index in [0.717, 1.165) is 42.4 Å². The number of halogens is 1. The average Bonchev–Trinajstić information content (AvgIpc) is 2.70. The van der Waals surface area contributed by atoms with E-state index < -0.39 is 0 Å². The Labute approximate surface area is 130 Å². The van der Waals surface area contributed by atoms with Crippen molar-refractivity contribution in [3.05, 3.63) is 17.0 Å². The minimum atomic E-state index is 0. The number of carbonyl (C=O) groups is 1. The van der Waals surface area contributed by atoms with Crippen LogP contribution in [0.3, 0.4) is 0 Å². The van der Waals surface area contributed by atoms with E-state index in [2.05, 4.69) is 17.4 Å². The Morgan fingerprint density at radius 3 is 2.90 bits per heavy atom. The molecule has 0 spiro atoms. The second-order valence-electron chi connectivity index (χ2n) is 4.94. The van der Waals surface area contributed by atoms with Crippen molar-refractivity contribution in [3.8, 4) is 0 Å². The molecule has 1 aromatic rings. The molecule has 1 fully saturated rings. The molecule has 1 atom stereocenters. The largest absolute Gasteiger partial charge is 0.361 e. The fraction of sp³-hybridized carbons (Fsp3) is 0.692. The van der Waals surface area contributed by atoms with Crippen molar-refractivity contribution in [2.45, 2.75) is 32.6 Å². The predicted molar refractivity (Wildman–Crippen MR) is 83.4 cm³/mol. The fourth-order valence-electron chi connectivity index (χ4n) is 2.24. The van der Waals surface area contributed by atoms with E-state index >= 15 is 0 Å². The molecule has 2 rings (SSSR count). The van der Waals surface area contributed by atoms with Crippen molar-refractivity contribution < 1.29 is 9.32 Å². The van der Waals surface area contributed by atoms with E-state index in [0.29, 0.717) is 11.8 Å². The van der Waals surface area contributed by atoms with Crippen LogP contribution in [0.15, 0.2) is 4.52 Å². The van der Waals surface area contributed by atoms with E-state index in [1.165, 1.54) is 0 Å². The average molecular weight is 320 g/mol. The molecule has 1 amide bonds. The minimum absolute atomic E-state index is 0. The number of nitrogens with one attached hydrogen (secondary N) is 1. The van der Waals surface area contributed by atoms with Gasteiger partial charge in [-0.25, -0.2) is 0 Å². The third kappa shape index (κ3) is 4.14. The van der Waals surface area contributed by atoms with Crippen LogP contribution in [0.1, 0.15) is 23.9 Å². The number of amides is 1. The molecule has 0 aliphatic carbocycles. The molecular formula is C13H22ClN3O2S. The van der Waals surface area contributed by atoms with Gasteiger partial charge in [0.05, 0.1) is 11.4 Å². The van der Waals surface area contributed by atoms with Crippen LogP contribution in [-0.2, 0) is 10.5 Å². The van der Waals surface area contributed by atoms with Gasteiger partial charge in [0.15, 0.2) is 0 Å². The molecular weight excluding hydrogens is 298 g/mol. The first-order chi connectivity index (χ1) is 9.09. The SMILES string of the molecule is Cc1noc(C)c1CSCC(=O)N1CCNCC1C.Cl. The number of aryl methyl sites for hydroxylation is 2. The maximum Gasteiger partial charge on any atom is 0.232 e. The van der Waals surface area contributed by atoms with Gasteiger partial charge in [-0.2, -0.15) is 0 Å². The van der Waals surface area contributed by atoms with Crippen molar-refractivity contribution in [2.75, 3.05) is 25.4 Å². The van der Waals surface area contributed by atoms with Gasteiger partial charge in [0.25, 0.3) is 0 Å². The molecule has 0 saturated carbocycles. The van der Waals surface area contributed by atoms with E-state index in [1.807, 2.05) is 18.7 Å². The highest BCUT2D eigenvalue weighted by molar-refractivity contribution is 7.99. The zero-order chi connectivity index (χ0) is 13.8. The van der Waals surface area contributed by atoms with Gasteiger partial charge in [-0.15, -0.1) is 24.2 Å². The lowest BCUT2D eigenvalue weighted by Gasteiger charge is -2.33. The molecule has 1 aromatic heterocycles. The first kappa shape index (κ1) is 17.3. The summed E-state index contributed by atoms with van der Waals surface area (Å²) in [6.45, 7) is 8.53. The number of piperazine rings is 1. The fourth-order valence-corrected chi connectivity index (χ4v) is 3.30. The molecule has 1 aliphatic rings. The van der Waals surface area contributed by atoms with Gasteiger partial charge < -0.3 is 14.7 Å². The number of aromatic nitrogens is 1. The Morgan fingerprint density at radius 1 is 1.55 bits per heavy atom. The van der Waals surface area contributed by atoms with E-state index in [-0.39, 0.29) is 18.3 Å². The summed E-state index contributed by atoms with van der Waals surface area (Å²) in [5, 5.41) is 7.22. The summed E-state index contributed by atoms with van der Waals surface area (Å²) < 4.78 is 5.12. The Balaban J connectivity index is 0.00000200. The normalized spacial score (nSPS) is 18.8. The van der Waals surface area contributed by atoms with Crippen LogP contribution in [0.2, 0.25) is 0 Å². The molecule has 114 valence electrons. The Kier molecular flexibility index (Phi) is 6.85. The van der Waals surface area contributed by atoms with Gasteiger partial charge in [0.1, 0.15) is 5.76 Å². The molecule has 7 heteroatoms. The molecule has 0 bridgehead atoms. The summed E-state index contributed by atoms with van der Waals surface area (Å²) in [5.74, 6) is 2.39.